The summed E-state index contributed by atoms with van der Waals surface area (Å²) in [5.74, 6) is 2.12. The minimum Gasteiger partial charge on any atom is -0.494 e. The Morgan fingerprint density at radius 2 is 1.60 bits per heavy atom. The van der Waals surface area contributed by atoms with Crippen molar-refractivity contribution in [3.63, 3.8) is 0 Å². The van der Waals surface area contributed by atoms with Crippen LogP contribution < -0.4 is 9.47 Å². The molecule has 0 bridgehead atoms. The predicted octanol–water partition coefficient (Wildman–Crippen LogP) is 6.61. The molecule has 1 atom stereocenters. The van der Waals surface area contributed by atoms with Gasteiger partial charge in [-0.1, -0.05) is 59.3 Å². The van der Waals surface area contributed by atoms with Crippen LogP contribution in [0.1, 0.15) is 78.6 Å². The van der Waals surface area contributed by atoms with Gasteiger partial charge in [0.15, 0.2) is 11.6 Å². The zero-order chi connectivity index (χ0) is 21.6. The summed E-state index contributed by atoms with van der Waals surface area (Å²) in [4.78, 5) is 20.6. The summed E-state index contributed by atoms with van der Waals surface area (Å²) in [6, 6.07) is 7.78. The number of rotatable bonds is 14. The third kappa shape index (κ3) is 8.93. The van der Waals surface area contributed by atoms with Gasteiger partial charge in [-0.05, 0) is 43.0 Å². The van der Waals surface area contributed by atoms with Crippen LogP contribution in [0.25, 0.3) is 11.4 Å². The smallest absolute Gasteiger partial charge is 0.311 e. The Bertz CT molecular complexity index is 729. The van der Waals surface area contributed by atoms with Crippen LogP contribution in [0.15, 0.2) is 36.7 Å². The molecule has 1 unspecified atom stereocenters. The van der Waals surface area contributed by atoms with Crippen LogP contribution in [0.4, 0.5) is 0 Å². The van der Waals surface area contributed by atoms with Gasteiger partial charge >= 0.3 is 5.97 Å². The van der Waals surface area contributed by atoms with E-state index in [1.54, 1.807) is 12.4 Å². The van der Waals surface area contributed by atoms with Crippen LogP contribution in [0.3, 0.4) is 0 Å². The Morgan fingerprint density at radius 3 is 2.27 bits per heavy atom. The van der Waals surface area contributed by atoms with Gasteiger partial charge in [0.2, 0.25) is 0 Å². The number of hydrogen-bond donors (Lipinski definition) is 0. The summed E-state index contributed by atoms with van der Waals surface area (Å²) in [5.41, 5.74) is 0.900. The molecule has 0 aliphatic carbocycles. The lowest BCUT2D eigenvalue weighted by Crippen LogP contribution is -2.10. The minimum absolute atomic E-state index is 0.237. The van der Waals surface area contributed by atoms with Crippen molar-refractivity contribution in [2.75, 3.05) is 6.61 Å². The molecule has 0 N–H and O–H groups in total. The fourth-order valence-electron chi connectivity index (χ4n) is 3.04. The van der Waals surface area contributed by atoms with Crippen molar-refractivity contribution in [2.45, 2.75) is 78.6 Å². The Balaban J connectivity index is 1.76. The second-order valence-corrected chi connectivity index (χ2v) is 7.91. The zero-order valence-corrected chi connectivity index (χ0v) is 18.7. The predicted molar refractivity (Wildman–Crippen MR) is 121 cm³/mol. The molecule has 0 saturated carbocycles. The largest absolute Gasteiger partial charge is 0.494 e. The van der Waals surface area contributed by atoms with Crippen LogP contribution in [-0.4, -0.2) is 22.5 Å². The topological polar surface area (TPSA) is 61.3 Å². The van der Waals surface area contributed by atoms with Crippen molar-refractivity contribution in [1.29, 1.82) is 0 Å². The molecule has 2 aromatic rings. The molecule has 5 heteroatoms. The first kappa shape index (κ1) is 23.8. The molecule has 0 fully saturated rings. The van der Waals surface area contributed by atoms with Gasteiger partial charge in [-0.2, -0.15) is 0 Å². The number of aromatic nitrogens is 2. The Morgan fingerprint density at radius 1 is 0.933 bits per heavy atom. The fraction of sp³-hybridized carbons (Fsp3) is 0.560. The van der Waals surface area contributed by atoms with E-state index in [2.05, 4.69) is 30.7 Å². The number of carbonyl (C=O) groups excluding carboxylic acids is 1. The van der Waals surface area contributed by atoms with Crippen LogP contribution in [0.2, 0.25) is 0 Å². The van der Waals surface area contributed by atoms with Crippen molar-refractivity contribution in [3.05, 3.63) is 36.7 Å². The van der Waals surface area contributed by atoms with Gasteiger partial charge in [0.1, 0.15) is 5.75 Å². The Kier molecular flexibility index (Phi) is 10.9. The van der Waals surface area contributed by atoms with Gasteiger partial charge < -0.3 is 9.47 Å². The maximum Gasteiger partial charge on any atom is 0.311 e. The normalized spacial score (nSPS) is 11.8. The quantitative estimate of drug-likeness (QED) is 0.258. The number of esters is 1. The van der Waals surface area contributed by atoms with E-state index in [9.17, 15) is 4.79 Å². The lowest BCUT2D eigenvalue weighted by atomic mass is 10.0. The maximum atomic E-state index is 11.9. The van der Waals surface area contributed by atoms with E-state index in [4.69, 9.17) is 9.47 Å². The van der Waals surface area contributed by atoms with Gasteiger partial charge in [-0.3, -0.25) is 4.79 Å². The highest BCUT2D eigenvalue weighted by atomic mass is 16.5. The average molecular weight is 413 g/mol. The number of nitrogens with zero attached hydrogens (tertiary/aromatic N) is 2. The van der Waals surface area contributed by atoms with E-state index in [-0.39, 0.29) is 5.97 Å². The van der Waals surface area contributed by atoms with Crippen molar-refractivity contribution in [3.8, 4) is 22.9 Å². The first-order valence-corrected chi connectivity index (χ1v) is 11.4. The van der Waals surface area contributed by atoms with Crippen molar-refractivity contribution >= 4 is 5.97 Å². The molecule has 1 aromatic heterocycles. The van der Waals surface area contributed by atoms with Gasteiger partial charge in [-0.15, -0.1) is 0 Å². The van der Waals surface area contributed by atoms with Crippen molar-refractivity contribution in [1.82, 2.24) is 9.97 Å². The molecule has 1 aromatic carbocycles. The van der Waals surface area contributed by atoms with E-state index in [1.165, 1.54) is 32.1 Å². The van der Waals surface area contributed by atoms with Crippen LogP contribution in [0.5, 0.6) is 11.5 Å². The summed E-state index contributed by atoms with van der Waals surface area (Å²) in [7, 11) is 0. The SMILES string of the molecule is CCCCCCCCOc1ccc(-c2ncc(OC(=O)CCC(C)CC)cn2)cc1. The Hall–Kier alpha value is -2.43. The van der Waals surface area contributed by atoms with Crippen molar-refractivity contribution < 1.29 is 14.3 Å². The lowest BCUT2D eigenvalue weighted by molar-refractivity contribution is -0.134. The molecule has 164 valence electrons. The van der Waals surface area contributed by atoms with Gasteiger partial charge in [0.05, 0.1) is 19.0 Å². The van der Waals surface area contributed by atoms with Gasteiger partial charge in [0.25, 0.3) is 0 Å². The first-order chi connectivity index (χ1) is 14.6. The molecular weight excluding hydrogens is 376 g/mol. The third-order valence-electron chi connectivity index (χ3n) is 5.28. The summed E-state index contributed by atoms with van der Waals surface area (Å²) in [6.07, 6.45) is 12.9. The molecule has 0 spiro atoms. The fourth-order valence-corrected chi connectivity index (χ4v) is 3.04. The molecule has 0 amide bonds. The standard InChI is InChI=1S/C25H36N2O3/c1-4-6-7-8-9-10-17-29-22-14-12-21(13-15-22)25-26-18-23(19-27-25)30-24(28)16-11-20(3)5-2/h12-15,18-20H,4-11,16-17H2,1-3H3. The van der Waals surface area contributed by atoms with Gasteiger partial charge in [0, 0.05) is 12.0 Å². The number of hydrogen-bond acceptors (Lipinski definition) is 5. The highest BCUT2D eigenvalue weighted by Crippen LogP contribution is 2.21. The molecule has 2 rings (SSSR count). The zero-order valence-electron chi connectivity index (χ0n) is 18.7. The molecule has 0 aliphatic rings. The second-order valence-electron chi connectivity index (χ2n) is 7.91. The average Bonchev–Trinajstić information content (AvgIpc) is 2.78. The van der Waals surface area contributed by atoms with Gasteiger partial charge in [-0.25, -0.2) is 9.97 Å². The number of ether oxygens (including phenoxy) is 2. The third-order valence-corrected chi connectivity index (χ3v) is 5.28. The summed E-state index contributed by atoms with van der Waals surface area (Å²) in [5, 5.41) is 0. The van der Waals surface area contributed by atoms with E-state index in [0.717, 1.165) is 37.2 Å². The van der Waals surface area contributed by atoms with E-state index in [0.29, 0.717) is 23.9 Å². The summed E-state index contributed by atoms with van der Waals surface area (Å²) >= 11 is 0. The van der Waals surface area contributed by atoms with E-state index < -0.39 is 0 Å². The monoisotopic (exact) mass is 412 g/mol. The molecule has 0 saturated heterocycles. The van der Waals surface area contributed by atoms with Crippen LogP contribution in [0, 0.1) is 5.92 Å². The second kappa shape index (κ2) is 13.7. The Labute approximate surface area is 181 Å². The number of benzene rings is 1. The van der Waals surface area contributed by atoms with E-state index in [1.807, 2.05) is 24.3 Å². The minimum atomic E-state index is -0.237. The molecule has 5 nitrogen and oxygen atoms in total. The van der Waals surface area contributed by atoms with Crippen molar-refractivity contribution in [2.24, 2.45) is 5.92 Å². The van der Waals surface area contributed by atoms with Crippen LogP contribution >= 0.6 is 0 Å². The highest BCUT2D eigenvalue weighted by molar-refractivity contribution is 5.72. The molecule has 0 aliphatic heterocycles. The maximum absolute atomic E-state index is 11.9. The molecule has 30 heavy (non-hydrogen) atoms. The molecule has 0 radical (unpaired) electrons. The number of carbonyl (C=O) groups is 1. The van der Waals surface area contributed by atoms with E-state index >= 15 is 0 Å². The summed E-state index contributed by atoms with van der Waals surface area (Å²) < 4.78 is 11.1. The lowest BCUT2D eigenvalue weighted by Gasteiger charge is -2.08. The highest BCUT2D eigenvalue weighted by Gasteiger charge is 2.09. The summed E-state index contributed by atoms with van der Waals surface area (Å²) in [6.45, 7) is 7.24. The van der Waals surface area contributed by atoms with Crippen LogP contribution in [-0.2, 0) is 4.79 Å². The molecular formula is C25H36N2O3. The first-order valence-electron chi connectivity index (χ1n) is 11.4. The molecule has 1 heterocycles. The number of unbranched alkanes of at least 4 members (excludes halogenated alkanes) is 5.